The molecule has 1 aliphatic heterocycles. The third-order valence-electron chi connectivity index (χ3n) is 6.03. The van der Waals surface area contributed by atoms with Crippen molar-refractivity contribution in [1.82, 2.24) is 10.2 Å². The average Bonchev–Trinajstić information content (AvgIpc) is 3.47. The van der Waals surface area contributed by atoms with Gasteiger partial charge in [-0.15, -0.1) is 11.3 Å². The number of thioether (sulfide) groups is 1. The van der Waals surface area contributed by atoms with Gasteiger partial charge in [0.25, 0.3) is 5.03 Å². The van der Waals surface area contributed by atoms with E-state index in [2.05, 4.69) is 27.6 Å². The van der Waals surface area contributed by atoms with E-state index in [9.17, 15) is 14.7 Å². The molecule has 1 N–H and O–H groups in total. The molecule has 0 atom stereocenters. The molecule has 38 heavy (non-hydrogen) atoms. The summed E-state index contributed by atoms with van der Waals surface area (Å²) in [5.41, 5.74) is 3.24. The molecule has 196 valence electrons. The summed E-state index contributed by atoms with van der Waals surface area (Å²) in [6.07, 6.45) is 0.689. The van der Waals surface area contributed by atoms with Gasteiger partial charge < -0.3 is 19.7 Å². The lowest BCUT2D eigenvalue weighted by molar-refractivity contribution is -0.705. The number of nitrogens with zero attached hydrogens (tertiary/aromatic N) is 3. The van der Waals surface area contributed by atoms with Crippen molar-refractivity contribution in [2.24, 2.45) is 0 Å². The number of esters is 1. The van der Waals surface area contributed by atoms with Crippen LogP contribution in [0.5, 0.6) is 5.95 Å². The number of carbonyl (C=O) groups is 2. The number of rotatable bonds is 9. The molecule has 11 heteroatoms. The SMILES string of the molecule is CCOC(=O)c1c(NC(=O)CSc2c([O-])on[n+]2-c2ccccc2)sc2c1CCN(Cc1ccccc1)C2. The summed E-state index contributed by atoms with van der Waals surface area (Å²) in [4.78, 5) is 29.2. The Morgan fingerprint density at radius 3 is 2.66 bits per heavy atom. The largest absolute Gasteiger partial charge is 0.538 e. The van der Waals surface area contributed by atoms with Crippen LogP contribution < -0.4 is 15.1 Å². The monoisotopic (exact) mass is 550 g/mol. The van der Waals surface area contributed by atoms with Crippen molar-refractivity contribution >= 4 is 40.0 Å². The molecule has 0 unspecified atom stereocenters. The van der Waals surface area contributed by atoms with Crippen molar-refractivity contribution in [1.29, 1.82) is 0 Å². The van der Waals surface area contributed by atoms with Gasteiger partial charge in [-0.3, -0.25) is 9.69 Å². The minimum Gasteiger partial charge on any atom is -0.538 e. The number of ether oxygens (including phenoxy) is 1. The molecule has 4 aromatic rings. The van der Waals surface area contributed by atoms with E-state index >= 15 is 0 Å². The van der Waals surface area contributed by atoms with Crippen molar-refractivity contribution in [3.8, 4) is 11.6 Å². The Bertz CT molecular complexity index is 1420. The van der Waals surface area contributed by atoms with Crippen molar-refractivity contribution in [3.05, 3.63) is 82.2 Å². The highest BCUT2D eigenvalue weighted by molar-refractivity contribution is 7.99. The average molecular weight is 551 g/mol. The summed E-state index contributed by atoms with van der Waals surface area (Å²) in [5, 5.41) is 19.6. The summed E-state index contributed by atoms with van der Waals surface area (Å²) >= 11 is 2.43. The second kappa shape index (κ2) is 11.8. The molecule has 1 aliphatic rings. The third-order valence-corrected chi connectivity index (χ3v) is 8.18. The number of amides is 1. The molecule has 0 saturated carbocycles. The fraction of sp³-hybridized carbons (Fsp3) is 0.259. The van der Waals surface area contributed by atoms with E-state index in [1.54, 1.807) is 19.1 Å². The lowest BCUT2D eigenvalue weighted by Crippen LogP contribution is -2.35. The van der Waals surface area contributed by atoms with Crippen LogP contribution in [-0.4, -0.2) is 41.0 Å². The first-order valence-electron chi connectivity index (χ1n) is 12.2. The minimum atomic E-state index is -0.621. The first kappa shape index (κ1) is 26.0. The summed E-state index contributed by atoms with van der Waals surface area (Å²) in [6, 6.07) is 19.3. The van der Waals surface area contributed by atoms with Crippen LogP contribution in [0.4, 0.5) is 5.00 Å². The Kier molecular flexibility index (Phi) is 8.06. The molecule has 9 nitrogen and oxygen atoms in total. The molecule has 0 fully saturated rings. The van der Waals surface area contributed by atoms with Gasteiger partial charge in [-0.1, -0.05) is 48.5 Å². The van der Waals surface area contributed by atoms with Crippen LogP contribution in [0.2, 0.25) is 0 Å². The molecule has 0 aliphatic carbocycles. The molecule has 0 saturated heterocycles. The summed E-state index contributed by atoms with van der Waals surface area (Å²) in [5.74, 6) is -1.47. The number of hydrogen-bond donors (Lipinski definition) is 1. The standard InChI is InChI=1S/C27H26N4O5S2/c1-2-35-26(33)23-20-13-14-30(15-18-9-5-3-6-10-18)16-21(20)38-24(23)28-22(32)17-37-25-27(34)36-29-31(25)19-11-7-4-8-12-19/h3-12H,2,13-17H2,1H3,(H-,28,29,32,33,34). The number of hydrogen-bond acceptors (Lipinski definition) is 9. The van der Waals surface area contributed by atoms with E-state index in [1.807, 2.05) is 36.4 Å². The van der Waals surface area contributed by atoms with E-state index in [-0.39, 0.29) is 23.3 Å². The Morgan fingerprint density at radius 2 is 1.92 bits per heavy atom. The van der Waals surface area contributed by atoms with Gasteiger partial charge in [0.15, 0.2) is 5.95 Å². The van der Waals surface area contributed by atoms with Gasteiger partial charge in [0.1, 0.15) is 5.00 Å². The second-order valence-electron chi connectivity index (χ2n) is 8.62. The number of thiophene rings is 1. The van der Waals surface area contributed by atoms with Crippen LogP contribution in [-0.2, 0) is 29.0 Å². The molecule has 5 rings (SSSR count). The lowest BCUT2D eigenvalue weighted by atomic mass is 10.0. The van der Waals surface area contributed by atoms with Crippen LogP contribution in [0.15, 0.2) is 70.2 Å². The number of anilines is 1. The highest BCUT2D eigenvalue weighted by atomic mass is 32.2. The second-order valence-corrected chi connectivity index (χ2v) is 10.7. The number of benzene rings is 2. The van der Waals surface area contributed by atoms with Crippen molar-refractivity contribution in [3.63, 3.8) is 0 Å². The predicted octanol–water partition coefficient (Wildman–Crippen LogP) is 3.55. The van der Waals surface area contributed by atoms with Crippen LogP contribution in [0, 0.1) is 0 Å². The summed E-state index contributed by atoms with van der Waals surface area (Å²) in [7, 11) is 0. The Labute approximate surface area is 228 Å². The quantitative estimate of drug-likeness (QED) is 0.191. The molecule has 0 spiro atoms. The van der Waals surface area contributed by atoms with E-state index in [4.69, 9.17) is 9.26 Å². The van der Waals surface area contributed by atoms with Gasteiger partial charge in [-0.05, 0) is 40.9 Å². The van der Waals surface area contributed by atoms with E-state index in [1.165, 1.54) is 21.6 Å². The van der Waals surface area contributed by atoms with Crippen molar-refractivity contribution in [2.45, 2.75) is 31.5 Å². The van der Waals surface area contributed by atoms with E-state index in [0.717, 1.165) is 35.3 Å². The Morgan fingerprint density at radius 1 is 1.18 bits per heavy atom. The first-order chi connectivity index (χ1) is 18.5. The van der Waals surface area contributed by atoms with Gasteiger partial charge in [-0.25, -0.2) is 4.79 Å². The Balaban J connectivity index is 1.31. The normalized spacial score (nSPS) is 13.2. The van der Waals surface area contributed by atoms with Gasteiger partial charge in [0.05, 0.1) is 23.2 Å². The predicted molar refractivity (Wildman–Crippen MR) is 141 cm³/mol. The third kappa shape index (κ3) is 5.74. The van der Waals surface area contributed by atoms with Crippen LogP contribution in [0.25, 0.3) is 5.69 Å². The summed E-state index contributed by atoms with van der Waals surface area (Å²) < 4.78 is 11.5. The Hall–Kier alpha value is -3.67. The molecular weight excluding hydrogens is 524 g/mol. The zero-order valence-corrected chi connectivity index (χ0v) is 22.3. The van der Waals surface area contributed by atoms with E-state index < -0.39 is 11.9 Å². The van der Waals surface area contributed by atoms with Crippen LogP contribution in [0.1, 0.15) is 33.3 Å². The number of aromatic nitrogens is 2. The van der Waals surface area contributed by atoms with Crippen LogP contribution in [0.3, 0.4) is 0 Å². The fourth-order valence-electron chi connectivity index (χ4n) is 4.33. The molecule has 0 bridgehead atoms. The number of fused-ring (bicyclic) bond motifs is 1. The van der Waals surface area contributed by atoms with Gasteiger partial charge in [0.2, 0.25) is 11.6 Å². The number of nitrogens with one attached hydrogen (secondary N) is 1. The number of para-hydroxylation sites is 1. The maximum absolute atomic E-state index is 13.0. The lowest BCUT2D eigenvalue weighted by Gasteiger charge is -2.27. The van der Waals surface area contributed by atoms with Crippen molar-refractivity contribution in [2.75, 3.05) is 24.2 Å². The van der Waals surface area contributed by atoms with Gasteiger partial charge in [0, 0.05) is 36.6 Å². The number of carbonyl (C=O) groups excluding carboxylic acids is 2. The molecule has 3 heterocycles. The molecular formula is C27H26N4O5S2. The minimum absolute atomic E-state index is 0.0613. The topological polar surface area (TPSA) is 112 Å². The zero-order chi connectivity index (χ0) is 26.5. The molecule has 1 amide bonds. The maximum Gasteiger partial charge on any atom is 0.341 e. The molecule has 2 aromatic carbocycles. The fourth-order valence-corrected chi connectivity index (χ4v) is 6.38. The van der Waals surface area contributed by atoms with Crippen LogP contribution >= 0.6 is 23.1 Å². The summed E-state index contributed by atoms with van der Waals surface area (Å²) in [6.45, 7) is 4.29. The van der Waals surface area contributed by atoms with Crippen molar-refractivity contribution < 1.29 is 28.6 Å². The molecule has 0 radical (unpaired) electrons. The van der Waals surface area contributed by atoms with Gasteiger partial charge in [-0.2, -0.15) is 0 Å². The highest BCUT2D eigenvalue weighted by Crippen LogP contribution is 2.38. The van der Waals surface area contributed by atoms with E-state index in [0.29, 0.717) is 29.2 Å². The smallest absolute Gasteiger partial charge is 0.341 e. The zero-order valence-electron chi connectivity index (χ0n) is 20.7. The van der Waals surface area contributed by atoms with Gasteiger partial charge >= 0.3 is 5.97 Å². The first-order valence-corrected chi connectivity index (χ1v) is 14.0. The highest BCUT2D eigenvalue weighted by Gasteiger charge is 2.30. The maximum atomic E-state index is 13.0. The molecule has 2 aromatic heterocycles.